The summed E-state index contributed by atoms with van der Waals surface area (Å²) in [6, 6.07) is -0.325. The molecular weight excluding hydrogens is 310 g/mol. The number of rotatable bonds is 8. The molecule has 8 nitrogen and oxygen atoms in total. The summed E-state index contributed by atoms with van der Waals surface area (Å²) in [4.78, 5) is 28.5. The monoisotopic (exact) mass is 339 g/mol. The molecule has 2 rings (SSSR count). The van der Waals surface area contributed by atoms with Crippen molar-refractivity contribution in [1.29, 1.82) is 0 Å². The largest absolute Gasteiger partial charge is 0.385 e. The predicted molar refractivity (Wildman–Crippen MR) is 91.9 cm³/mol. The fourth-order valence-corrected chi connectivity index (χ4v) is 3.42. The zero-order chi connectivity index (χ0) is 17.4. The second kappa shape index (κ2) is 8.86. The van der Waals surface area contributed by atoms with Gasteiger partial charge in [-0.25, -0.2) is 4.79 Å². The van der Waals surface area contributed by atoms with Gasteiger partial charge in [-0.05, 0) is 24.7 Å². The molecule has 24 heavy (non-hydrogen) atoms. The maximum atomic E-state index is 11.5. The van der Waals surface area contributed by atoms with Crippen LogP contribution in [0.4, 0.5) is 4.79 Å². The van der Waals surface area contributed by atoms with Crippen molar-refractivity contribution < 1.29 is 14.3 Å². The lowest BCUT2D eigenvalue weighted by molar-refractivity contribution is -0.124. The van der Waals surface area contributed by atoms with E-state index in [4.69, 9.17) is 4.74 Å². The fraction of sp³-hybridized carbons (Fsp3) is 0.812. The van der Waals surface area contributed by atoms with E-state index in [9.17, 15) is 9.59 Å². The number of hydrogen-bond donors (Lipinski definition) is 3. The first-order valence-electron chi connectivity index (χ1n) is 8.62. The van der Waals surface area contributed by atoms with E-state index in [1.165, 1.54) is 30.6 Å². The summed E-state index contributed by atoms with van der Waals surface area (Å²) in [5.41, 5.74) is 0.276. The summed E-state index contributed by atoms with van der Waals surface area (Å²) >= 11 is 0. The highest BCUT2D eigenvalue weighted by Gasteiger charge is 2.33. The topological polar surface area (TPSA) is 95.1 Å². The third-order valence-electron chi connectivity index (χ3n) is 4.92. The van der Waals surface area contributed by atoms with Gasteiger partial charge in [0.25, 0.3) is 0 Å². The van der Waals surface area contributed by atoms with E-state index in [-0.39, 0.29) is 23.9 Å². The predicted octanol–water partition coefficient (Wildman–Crippen LogP) is 0.300. The van der Waals surface area contributed by atoms with Crippen LogP contribution in [0.15, 0.2) is 4.99 Å². The minimum Gasteiger partial charge on any atom is -0.385 e. The van der Waals surface area contributed by atoms with Crippen molar-refractivity contribution in [3.8, 4) is 0 Å². The summed E-state index contributed by atoms with van der Waals surface area (Å²) in [5.74, 6) is 0.514. The Hall–Kier alpha value is -1.83. The molecule has 0 radical (unpaired) electrons. The van der Waals surface area contributed by atoms with Crippen molar-refractivity contribution in [2.75, 3.05) is 46.9 Å². The third kappa shape index (κ3) is 4.83. The summed E-state index contributed by atoms with van der Waals surface area (Å²) in [6.07, 6.45) is 6.01. The van der Waals surface area contributed by atoms with Gasteiger partial charge in [0.1, 0.15) is 0 Å². The van der Waals surface area contributed by atoms with Crippen molar-refractivity contribution in [3.63, 3.8) is 0 Å². The number of urea groups is 1. The Balaban J connectivity index is 1.75. The van der Waals surface area contributed by atoms with Crippen LogP contribution in [0, 0.1) is 5.41 Å². The van der Waals surface area contributed by atoms with E-state index in [0.29, 0.717) is 19.0 Å². The maximum absolute atomic E-state index is 11.5. The molecule has 1 saturated carbocycles. The van der Waals surface area contributed by atoms with Gasteiger partial charge in [0, 0.05) is 40.4 Å². The van der Waals surface area contributed by atoms with Crippen LogP contribution in [-0.2, 0) is 9.53 Å². The lowest BCUT2D eigenvalue weighted by Gasteiger charge is -2.30. The molecule has 3 amide bonds. The van der Waals surface area contributed by atoms with E-state index in [1.807, 2.05) is 0 Å². The molecule has 1 saturated heterocycles. The van der Waals surface area contributed by atoms with Gasteiger partial charge >= 0.3 is 6.03 Å². The Kier molecular flexibility index (Phi) is 6.84. The Morgan fingerprint density at radius 2 is 2.08 bits per heavy atom. The molecule has 8 heteroatoms. The van der Waals surface area contributed by atoms with Crippen LogP contribution in [0.3, 0.4) is 0 Å². The number of ether oxygens (including phenoxy) is 1. The molecule has 0 aromatic rings. The molecule has 3 N–H and O–H groups in total. The highest BCUT2D eigenvalue weighted by molar-refractivity contribution is 6.01. The van der Waals surface area contributed by atoms with E-state index < -0.39 is 0 Å². The number of carbonyl (C=O) groups excluding carboxylic acids is 2. The number of amides is 3. The molecule has 2 aliphatic rings. The van der Waals surface area contributed by atoms with E-state index in [1.54, 1.807) is 14.2 Å². The second-order valence-corrected chi connectivity index (χ2v) is 6.51. The molecule has 2 fully saturated rings. The van der Waals surface area contributed by atoms with Gasteiger partial charge in [0.15, 0.2) is 5.96 Å². The standard InChI is InChI=1S/C16H29N5O3/c1-17-14(18-8-9-21-13(22)11-19-15(21)23)20-12-16(7-10-24-2)5-3-4-6-16/h3-12H2,1-2H3,(H,19,23)(H2,17,18,20). The summed E-state index contributed by atoms with van der Waals surface area (Å²) in [5, 5.41) is 9.07. The number of carbonyl (C=O) groups is 2. The molecular formula is C16H29N5O3. The maximum Gasteiger partial charge on any atom is 0.324 e. The first-order valence-corrected chi connectivity index (χ1v) is 8.62. The number of imide groups is 1. The van der Waals surface area contributed by atoms with Gasteiger partial charge < -0.3 is 20.7 Å². The molecule has 1 aliphatic heterocycles. The van der Waals surface area contributed by atoms with Gasteiger partial charge in [-0.1, -0.05) is 12.8 Å². The minimum absolute atomic E-state index is 0.0911. The number of nitrogens with zero attached hydrogens (tertiary/aromatic N) is 2. The van der Waals surface area contributed by atoms with Crippen LogP contribution < -0.4 is 16.0 Å². The lowest BCUT2D eigenvalue weighted by atomic mass is 9.83. The van der Waals surface area contributed by atoms with E-state index in [0.717, 1.165) is 19.6 Å². The molecule has 0 spiro atoms. The SMILES string of the molecule is CN=C(NCCN1C(=O)CNC1=O)NCC1(CCOC)CCCC1. The smallest absolute Gasteiger partial charge is 0.324 e. The average molecular weight is 339 g/mol. The lowest BCUT2D eigenvalue weighted by Crippen LogP contribution is -2.46. The second-order valence-electron chi connectivity index (χ2n) is 6.51. The van der Waals surface area contributed by atoms with Crippen LogP contribution in [0.25, 0.3) is 0 Å². The summed E-state index contributed by atoms with van der Waals surface area (Å²) in [7, 11) is 3.46. The Bertz CT molecular complexity index is 458. The van der Waals surface area contributed by atoms with Crippen molar-refractivity contribution in [3.05, 3.63) is 0 Å². The zero-order valence-corrected chi connectivity index (χ0v) is 14.7. The highest BCUT2D eigenvalue weighted by Crippen LogP contribution is 2.40. The molecule has 0 bridgehead atoms. The average Bonchev–Trinajstić information content (AvgIpc) is 3.18. The van der Waals surface area contributed by atoms with Crippen LogP contribution >= 0.6 is 0 Å². The summed E-state index contributed by atoms with van der Waals surface area (Å²) < 4.78 is 5.25. The van der Waals surface area contributed by atoms with Gasteiger partial charge in [0.05, 0.1) is 6.54 Å². The first kappa shape index (κ1) is 18.5. The highest BCUT2D eigenvalue weighted by atomic mass is 16.5. The Morgan fingerprint density at radius 1 is 1.33 bits per heavy atom. The number of guanidine groups is 1. The van der Waals surface area contributed by atoms with Gasteiger partial charge in [-0.15, -0.1) is 0 Å². The zero-order valence-electron chi connectivity index (χ0n) is 14.7. The van der Waals surface area contributed by atoms with Crippen LogP contribution in [0.2, 0.25) is 0 Å². The van der Waals surface area contributed by atoms with Crippen molar-refractivity contribution in [2.24, 2.45) is 10.4 Å². The number of hydrogen-bond acceptors (Lipinski definition) is 4. The minimum atomic E-state index is -0.325. The molecule has 0 unspecified atom stereocenters. The van der Waals surface area contributed by atoms with Crippen molar-refractivity contribution >= 4 is 17.9 Å². The van der Waals surface area contributed by atoms with Gasteiger partial charge in [-0.2, -0.15) is 0 Å². The normalized spacial score (nSPS) is 20.4. The number of aliphatic imine (C=N–C) groups is 1. The van der Waals surface area contributed by atoms with Gasteiger partial charge in [-0.3, -0.25) is 14.7 Å². The van der Waals surface area contributed by atoms with E-state index in [2.05, 4.69) is 20.9 Å². The van der Waals surface area contributed by atoms with Crippen LogP contribution in [0.1, 0.15) is 32.1 Å². The van der Waals surface area contributed by atoms with E-state index >= 15 is 0 Å². The molecule has 0 aromatic heterocycles. The first-order chi connectivity index (χ1) is 11.6. The van der Waals surface area contributed by atoms with Crippen LogP contribution in [0.5, 0.6) is 0 Å². The molecule has 136 valence electrons. The van der Waals surface area contributed by atoms with Crippen LogP contribution in [-0.4, -0.2) is 69.7 Å². The molecule has 0 aromatic carbocycles. The number of nitrogens with one attached hydrogen (secondary N) is 3. The van der Waals surface area contributed by atoms with Crippen molar-refractivity contribution in [2.45, 2.75) is 32.1 Å². The Morgan fingerprint density at radius 3 is 2.67 bits per heavy atom. The third-order valence-corrected chi connectivity index (χ3v) is 4.92. The Labute approximate surface area is 143 Å². The quantitative estimate of drug-likeness (QED) is 0.336. The summed E-state index contributed by atoms with van der Waals surface area (Å²) in [6.45, 7) is 2.54. The number of methoxy groups -OCH3 is 1. The van der Waals surface area contributed by atoms with Gasteiger partial charge in [0.2, 0.25) is 5.91 Å². The fourth-order valence-electron chi connectivity index (χ4n) is 3.42. The van der Waals surface area contributed by atoms with Crippen molar-refractivity contribution in [1.82, 2.24) is 20.9 Å². The molecule has 0 atom stereocenters. The molecule has 1 heterocycles. The molecule has 1 aliphatic carbocycles.